The quantitative estimate of drug-likeness (QED) is 0.0160. The summed E-state index contributed by atoms with van der Waals surface area (Å²) in [7, 11) is 1.06. The van der Waals surface area contributed by atoms with E-state index in [4.69, 9.17) is 18.5 Å². The van der Waals surface area contributed by atoms with E-state index in [-0.39, 0.29) is 26.1 Å². The Hall–Kier alpha value is -3.37. The fourth-order valence-electron chi connectivity index (χ4n) is 5.28. The molecule has 0 aromatic rings. The molecule has 0 aliphatic carbocycles. The first-order valence-corrected chi connectivity index (χ1v) is 24.2. The molecule has 3 atom stereocenters. The number of quaternary nitrogens is 1. The molecule has 0 spiro atoms. The number of phosphoric acid groups is 1. The molecule has 61 heavy (non-hydrogen) atoms. The van der Waals surface area contributed by atoms with Crippen LogP contribution in [0.4, 0.5) is 0 Å². The lowest BCUT2D eigenvalue weighted by atomic mass is 10.1. The van der Waals surface area contributed by atoms with Crippen LogP contribution in [-0.2, 0) is 32.7 Å². The number of allylic oxidation sites excluding steroid dienone is 16. The maximum Gasteiger partial charge on any atom is 0.306 e. The Morgan fingerprint density at radius 1 is 0.623 bits per heavy atom. The summed E-state index contributed by atoms with van der Waals surface area (Å²) in [5.74, 6) is -0.991. The van der Waals surface area contributed by atoms with Gasteiger partial charge in [0.2, 0.25) is 0 Å². The number of phosphoric ester groups is 1. The van der Waals surface area contributed by atoms with Crippen LogP contribution in [0.25, 0.3) is 0 Å². The molecule has 0 heterocycles. The summed E-state index contributed by atoms with van der Waals surface area (Å²) in [6.45, 7) is 3.85. The lowest BCUT2D eigenvalue weighted by Crippen LogP contribution is -2.37. The highest BCUT2D eigenvalue weighted by Gasteiger charge is 2.21. The second-order valence-electron chi connectivity index (χ2n) is 15.9. The minimum Gasteiger partial charge on any atom is -0.756 e. The molecule has 11 heteroatoms. The van der Waals surface area contributed by atoms with Crippen LogP contribution in [0.3, 0.4) is 0 Å². The van der Waals surface area contributed by atoms with Crippen molar-refractivity contribution in [1.82, 2.24) is 0 Å². The van der Waals surface area contributed by atoms with Gasteiger partial charge in [-0.3, -0.25) is 14.2 Å². The van der Waals surface area contributed by atoms with Gasteiger partial charge in [0.05, 0.1) is 33.9 Å². The molecule has 346 valence electrons. The average Bonchev–Trinajstić information content (AvgIpc) is 3.21. The molecule has 0 aromatic carbocycles. The summed E-state index contributed by atoms with van der Waals surface area (Å²) in [6.07, 6.45) is 51.5. The molecule has 0 saturated heterocycles. The van der Waals surface area contributed by atoms with Gasteiger partial charge in [-0.25, -0.2) is 0 Å². The maximum absolute atomic E-state index is 12.7. The van der Waals surface area contributed by atoms with Crippen molar-refractivity contribution >= 4 is 19.8 Å². The number of nitrogens with zero attached hydrogens (tertiary/aromatic N) is 1. The topological polar surface area (TPSA) is 131 Å². The highest BCUT2D eigenvalue weighted by Crippen LogP contribution is 2.38. The summed E-state index contributed by atoms with van der Waals surface area (Å²) < 4.78 is 33.8. The van der Waals surface area contributed by atoms with E-state index in [0.717, 1.165) is 57.8 Å². The van der Waals surface area contributed by atoms with Crippen molar-refractivity contribution in [3.63, 3.8) is 0 Å². The first-order chi connectivity index (χ1) is 29.4. The van der Waals surface area contributed by atoms with Gasteiger partial charge in [-0.1, -0.05) is 142 Å². The Labute approximate surface area is 370 Å². The van der Waals surface area contributed by atoms with Crippen molar-refractivity contribution in [3.05, 3.63) is 109 Å². The molecule has 0 aliphatic heterocycles. The predicted octanol–water partition coefficient (Wildman–Crippen LogP) is 11.5. The number of esters is 2. The largest absolute Gasteiger partial charge is 0.756 e. The molecule has 0 aromatic heterocycles. The maximum atomic E-state index is 12.7. The van der Waals surface area contributed by atoms with Gasteiger partial charge in [0.15, 0.2) is 6.10 Å². The summed E-state index contributed by atoms with van der Waals surface area (Å²) in [4.78, 5) is 37.6. The van der Waals surface area contributed by atoms with E-state index in [2.05, 4.69) is 74.6 Å². The molecule has 1 N–H and O–H groups in total. The second-order valence-corrected chi connectivity index (χ2v) is 17.3. The third-order valence-corrected chi connectivity index (χ3v) is 9.82. The molecule has 0 amide bonds. The Bertz CT molecular complexity index is 1420. The minimum absolute atomic E-state index is 0.0630. The van der Waals surface area contributed by atoms with Gasteiger partial charge >= 0.3 is 11.9 Å². The third kappa shape index (κ3) is 44.5. The first-order valence-electron chi connectivity index (χ1n) is 22.7. The van der Waals surface area contributed by atoms with Crippen molar-refractivity contribution < 1.29 is 47.2 Å². The molecule has 0 saturated carbocycles. The van der Waals surface area contributed by atoms with E-state index in [1.165, 1.54) is 25.7 Å². The van der Waals surface area contributed by atoms with Crippen LogP contribution in [-0.4, -0.2) is 81.2 Å². The van der Waals surface area contributed by atoms with E-state index >= 15 is 0 Å². The van der Waals surface area contributed by atoms with E-state index in [0.29, 0.717) is 36.7 Å². The van der Waals surface area contributed by atoms with Gasteiger partial charge in [-0.15, -0.1) is 0 Å². The number of carbonyl (C=O) groups excluding carboxylic acids is 2. The first kappa shape index (κ1) is 57.6. The molecule has 10 nitrogen and oxygen atoms in total. The summed E-state index contributed by atoms with van der Waals surface area (Å²) >= 11 is 0. The predicted molar refractivity (Wildman–Crippen MR) is 251 cm³/mol. The Morgan fingerprint density at radius 2 is 1.16 bits per heavy atom. The van der Waals surface area contributed by atoms with Gasteiger partial charge in [0.1, 0.15) is 19.8 Å². The van der Waals surface area contributed by atoms with Crippen LogP contribution < -0.4 is 4.89 Å². The van der Waals surface area contributed by atoms with Crippen molar-refractivity contribution in [2.75, 3.05) is 47.5 Å². The Kier molecular flexibility index (Phi) is 38.4. The number of hydrogen-bond donors (Lipinski definition) is 1. The number of rotatable bonds is 39. The normalized spacial score (nSPS) is 15.1. The van der Waals surface area contributed by atoms with Gasteiger partial charge in [-0.05, 0) is 89.9 Å². The van der Waals surface area contributed by atoms with Crippen LogP contribution >= 0.6 is 7.82 Å². The van der Waals surface area contributed by atoms with Crippen LogP contribution in [0.1, 0.15) is 136 Å². The van der Waals surface area contributed by atoms with Crippen molar-refractivity contribution in [3.8, 4) is 0 Å². The number of aliphatic hydroxyl groups is 1. The fourth-order valence-corrected chi connectivity index (χ4v) is 6.01. The molecular weight excluding hydrogens is 790 g/mol. The molecular formula is C50H82NO9P. The lowest BCUT2D eigenvalue weighted by molar-refractivity contribution is -0.870. The molecule has 0 rings (SSSR count). The highest BCUT2D eigenvalue weighted by molar-refractivity contribution is 7.45. The van der Waals surface area contributed by atoms with E-state index in [9.17, 15) is 24.2 Å². The van der Waals surface area contributed by atoms with Gasteiger partial charge < -0.3 is 33.0 Å². The highest BCUT2D eigenvalue weighted by atomic mass is 31.2. The molecule has 0 fully saturated rings. The zero-order valence-corrected chi connectivity index (χ0v) is 39.3. The number of likely N-dealkylation sites (N-methyl/N-ethyl adjacent to an activating group) is 1. The van der Waals surface area contributed by atoms with Crippen LogP contribution in [0.2, 0.25) is 0 Å². The van der Waals surface area contributed by atoms with Crippen molar-refractivity contribution in [2.24, 2.45) is 0 Å². The standard InChI is InChI=1S/C50H82NO9P/c1-6-8-10-12-14-15-16-17-18-19-20-21-22-23-24-25-30-34-38-42-50(54)60-48(46-59-61(55,56)58-44-43-51(3,4)5)45-57-49(53)41-37-33-29-27-26-28-32-36-40-47(52)39-35-31-13-11-9-7-2/h9,11,14-15,17-18,20-21,23-24,27-29,31-32,35-36,40,47-48,52H,6-8,10,12-13,16,19,22,25-26,30,33-34,37-39,41-46H2,1-5H3/b11-9-,15-14-,18-17-,21-20-,24-23-,29-27-,32-28-,35-31-,40-36+/t47?,48-/m1/s1. The van der Waals surface area contributed by atoms with Crippen molar-refractivity contribution in [1.29, 1.82) is 0 Å². The number of carbonyl (C=O) groups is 2. The van der Waals surface area contributed by atoms with Gasteiger partial charge in [0.25, 0.3) is 7.82 Å². The van der Waals surface area contributed by atoms with Gasteiger partial charge in [0, 0.05) is 12.8 Å². The lowest BCUT2D eigenvalue weighted by Gasteiger charge is -2.28. The summed E-state index contributed by atoms with van der Waals surface area (Å²) in [6, 6.07) is 0. The Balaban J connectivity index is 4.59. The van der Waals surface area contributed by atoms with Crippen molar-refractivity contribution in [2.45, 2.75) is 148 Å². The van der Waals surface area contributed by atoms with Crippen LogP contribution in [0.5, 0.6) is 0 Å². The zero-order valence-electron chi connectivity index (χ0n) is 38.4. The number of hydrogen-bond acceptors (Lipinski definition) is 9. The smallest absolute Gasteiger partial charge is 0.306 e. The number of ether oxygens (including phenoxy) is 2. The van der Waals surface area contributed by atoms with E-state index < -0.39 is 38.6 Å². The van der Waals surface area contributed by atoms with E-state index in [1.807, 2.05) is 63.7 Å². The van der Waals surface area contributed by atoms with Crippen LogP contribution in [0.15, 0.2) is 109 Å². The van der Waals surface area contributed by atoms with Gasteiger partial charge in [-0.2, -0.15) is 0 Å². The third-order valence-electron chi connectivity index (χ3n) is 8.86. The molecule has 2 unspecified atom stereocenters. The number of aliphatic hydroxyl groups excluding tert-OH is 1. The van der Waals surface area contributed by atoms with Crippen LogP contribution in [0, 0.1) is 0 Å². The zero-order chi connectivity index (χ0) is 45.1. The minimum atomic E-state index is -4.67. The summed E-state index contributed by atoms with van der Waals surface area (Å²) in [5.41, 5.74) is 0. The Morgan fingerprint density at radius 3 is 1.77 bits per heavy atom. The SMILES string of the molecule is CC/C=C\C/C=C\CC(O)/C=C/C=C\C/C=C\CCCC(=O)OC[C@H](COP(=O)([O-])OCC[N+](C)(C)C)OC(=O)CCCCC/C=C\C/C=C\C/C=C\C/C=C\CCCCC. The molecule has 0 bridgehead atoms. The van der Waals surface area contributed by atoms with E-state index in [1.54, 1.807) is 6.08 Å². The number of unbranched alkanes of at least 4 members (excludes halogenated alkanes) is 7. The summed E-state index contributed by atoms with van der Waals surface area (Å²) in [5, 5.41) is 10.0. The monoisotopic (exact) mass is 872 g/mol. The molecule has 0 radical (unpaired) electrons. The molecule has 0 aliphatic rings. The average molecular weight is 872 g/mol. The second kappa shape index (κ2) is 40.7. The fraction of sp³-hybridized carbons (Fsp3) is 0.600.